The molecule has 0 radical (unpaired) electrons. The summed E-state index contributed by atoms with van der Waals surface area (Å²) in [6, 6.07) is 0.498. The maximum atomic E-state index is 11.4. The quantitative estimate of drug-likeness (QED) is 0.701. The van der Waals surface area contributed by atoms with E-state index in [1.807, 2.05) is 27.8 Å². The number of thioether (sulfide) groups is 1. The molecule has 4 heteroatoms. The Morgan fingerprint density at radius 1 is 1.44 bits per heavy atom. The molecule has 0 saturated carbocycles. The van der Waals surface area contributed by atoms with Gasteiger partial charge in [-0.1, -0.05) is 13.3 Å². The van der Waals surface area contributed by atoms with E-state index in [2.05, 4.69) is 12.2 Å². The molecule has 0 aromatic heterocycles. The Labute approximate surface area is 104 Å². The Bertz CT molecular complexity index is 202. The largest absolute Gasteiger partial charge is 0.459 e. The lowest BCUT2D eigenvalue weighted by atomic mass is 10.2. The summed E-state index contributed by atoms with van der Waals surface area (Å²) in [5.41, 5.74) is -0.372. The zero-order chi connectivity index (χ0) is 12.6. The molecule has 1 unspecified atom stereocenters. The summed E-state index contributed by atoms with van der Waals surface area (Å²) in [5, 5.41) is 3.25. The van der Waals surface area contributed by atoms with E-state index in [1.54, 1.807) is 11.8 Å². The van der Waals surface area contributed by atoms with Gasteiger partial charge in [-0.15, -0.1) is 11.8 Å². The minimum atomic E-state index is -0.372. The smallest absolute Gasteiger partial charge is 0.316 e. The van der Waals surface area contributed by atoms with E-state index in [4.69, 9.17) is 4.74 Å². The standard InChI is InChI=1S/C12H25NO2S/c1-6-7-10(13-5)8-16-9-11(14)15-12(2,3)4/h10,13H,6-9H2,1-5H3. The van der Waals surface area contributed by atoms with Gasteiger partial charge in [-0.3, -0.25) is 4.79 Å². The van der Waals surface area contributed by atoms with Gasteiger partial charge in [0.15, 0.2) is 0 Å². The molecule has 1 atom stereocenters. The lowest BCUT2D eigenvalue weighted by molar-refractivity contribution is -0.151. The first kappa shape index (κ1) is 15.8. The normalized spacial score (nSPS) is 13.6. The van der Waals surface area contributed by atoms with E-state index in [9.17, 15) is 4.79 Å². The number of carbonyl (C=O) groups is 1. The van der Waals surface area contributed by atoms with Crippen molar-refractivity contribution in [1.82, 2.24) is 5.32 Å². The molecule has 96 valence electrons. The van der Waals surface area contributed by atoms with E-state index in [1.165, 1.54) is 6.42 Å². The van der Waals surface area contributed by atoms with E-state index < -0.39 is 0 Å². The summed E-state index contributed by atoms with van der Waals surface area (Å²) < 4.78 is 5.23. The molecule has 0 aliphatic heterocycles. The molecule has 0 aromatic carbocycles. The van der Waals surface area contributed by atoms with Gasteiger partial charge in [-0.25, -0.2) is 0 Å². The van der Waals surface area contributed by atoms with Crippen LogP contribution < -0.4 is 5.32 Å². The Kier molecular flexibility index (Phi) is 7.85. The molecule has 0 aromatic rings. The lowest BCUT2D eigenvalue weighted by Crippen LogP contribution is -2.29. The Morgan fingerprint density at radius 3 is 2.50 bits per heavy atom. The second kappa shape index (κ2) is 7.96. The predicted octanol–water partition coefficient (Wildman–Crippen LogP) is 2.45. The highest BCUT2D eigenvalue weighted by Gasteiger charge is 2.16. The number of hydrogen-bond donors (Lipinski definition) is 1. The van der Waals surface area contributed by atoms with Gasteiger partial charge in [0, 0.05) is 11.8 Å². The molecule has 0 saturated heterocycles. The molecule has 0 amide bonds. The number of nitrogens with one attached hydrogen (secondary N) is 1. The number of carbonyl (C=O) groups excluding carboxylic acids is 1. The first-order valence-electron chi connectivity index (χ1n) is 5.86. The minimum absolute atomic E-state index is 0.121. The number of ether oxygens (including phenoxy) is 1. The Hall–Kier alpha value is -0.220. The Balaban J connectivity index is 3.68. The van der Waals surface area contributed by atoms with Gasteiger partial charge in [0.05, 0.1) is 5.75 Å². The van der Waals surface area contributed by atoms with E-state index >= 15 is 0 Å². The van der Waals surface area contributed by atoms with Crippen molar-refractivity contribution in [3.63, 3.8) is 0 Å². The first-order chi connectivity index (χ1) is 7.39. The van der Waals surface area contributed by atoms with Crippen LogP contribution in [0.25, 0.3) is 0 Å². The average molecular weight is 247 g/mol. The molecule has 0 heterocycles. The van der Waals surface area contributed by atoms with Gasteiger partial charge in [-0.05, 0) is 34.2 Å². The van der Waals surface area contributed by atoms with Gasteiger partial charge in [0.1, 0.15) is 5.60 Å². The molecule has 16 heavy (non-hydrogen) atoms. The number of hydrogen-bond acceptors (Lipinski definition) is 4. The van der Waals surface area contributed by atoms with Crippen LogP contribution in [0.5, 0.6) is 0 Å². The third-order valence-electron chi connectivity index (χ3n) is 2.00. The fourth-order valence-electron chi connectivity index (χ4n) is 1.31. The van der Waals surface area contributed by atoms with Crippen LogP contribution in [0, 0.1) is 0 Å². The molecular formula is C12H25NO2S. The van der Waals surface area contributed by atoms with Gasteiger partial charge in [0.2, 0.25) is 0 Å². The first-order valence-corrected chi connectivity index (χ1v) is 7.01. The zero-order valence-corrected chi connectivity index (χ0v) is 11.9. The highest BCUT2D eigenvalue weighted by Crippen LogP contribution is 2.11. The van der Waals surface area contributed by atoms with Gasteiger partial charge >= 0.3 is 5.97 Å². The summed E-state index contributed by atoms with van der Waals surface area (Å²) in [6.07, 6.45) is 2.32. The summed E-state index contributed by atoms with van der Waals surface area (Å²) in [6.45, 7) is 7.85. The van der Waals surface area contributed by atoms with Gasteiger partial charge in [-0.2, -0.15) is 0 Å². The minimum Gasteiger partial charge on any atom is -0.459 e. The molecule has 0 bridgehead atoms. The van der Waals surface area contributed by atoms with Crippen molar-refractivity contribution < 1.29 is 9.53 Å². The molecule has 1 N–H and O–H groups in total. The topological polar surface area (TPSA) is 38.3 Å². The lowest BCUT2D eigenvalue weighted by Gasteiger charge is -2.20. The van der Waals surface area contributed by atoms with Gasteiger partial charge in [0.25, 0.3) is 0 Å². The molecule has 0 rings (SSSR count). The van der Waals surface area contributed by atoms with Crippen molar-refractivity contribution in [3.8, 4) is 0 Å². The van der Waals surface area contributed by atoms with Crippen LogP contribution >= 0.6 is 11.8 Å². The predicted molar refractivity (Wildman–Crippen MR) is 70.9 cm³/mol. The van der Waals surface area contributed by atoms with Crippen molar-refractivity contribution in [2.24, 2.45) is 0 Å². The molecule has 0 aliphatic carbocycles. The molecule has 0 fully saturated rings. The van der Waals surface area contributed by atoms with Crippen LogP contribution in [0.3, 0.4) is 0 Å². The second-order valence-electron chi connectivity index (χ2n) is 4.88. The zero-order valence-electron chi connectivity index (χ0n) is 11.1. The van der Waals surface area contributed by atoms with Crippen molar-refractivity contribution in [3.05, 3.63) is 0 Å². The van der Waals surface area contributed by atoms with E-state index in [-0.39, 0.29) is 11.6 Å². The van der Waals surface area contributed by atoms with Crippen LogP contribution in [-0.4, -0.2) is 36.2 Å². The highest BCUT2D eigenvalue weighted by molar-refractivity contribution is 7.99. The molecule has 0 aliphatic rings. The summed E-state index contributed by atoms with van der Waals surface area (Å²) in [4.78, 5) is 11.4. The van der Waals surface area contributed by atoms with Crippen molar-refractivity contribution >= 4 is 17.7 Å². The maximum Gasteiger partial charge on any atom is 0.316 e. The molecular weight excluding hydrogens is 222 g/mol. The van der Waals surface area contributed by atoms with Gasteiger partial charge < -0.3 is 10.1 Å². The third kappa shape index (κ3) is 9.04. The average Bonchev–Trinajstić information content (AvgIpc) is 2.13. The maximum absolute atomic E-state index is 11.4. The van der Waals surface area contributed by atoms with Crippen molar-refractivity contribution in [1.29, 1.82) is 0 Å². The summed E-state index contributed by atoms with van der Waals surface area (Å²) >= 11 is 1.64. The highest BCUT2D eigenvalue weighted by atomic mass is 32.2. The van der Waals surface area contributed by atoms with Crippen LogP contribution in [0.15, 0.2) is 0 Å². The summed E-state index contributed by atoms with van der Waals surface area (Å²) in [5.74, 6) is 1.28. The van der Waals surface area contributed by atoms with Crippen molar-refractivity contribution in [2.45, 2.75) is 52.2 Å². The SMILES string of the molecule is CCCC(CSCC(=O)OC(C)(C)C)NC. The number of rotatable bonds is 7. The fraction of sp³-hybridized carbons (Fsp3) is 0.917. The van der Waals surface area contributed by atoms with Crippen LogP contribution in [0.4, 0.5) is 0 Å². The third-order valence-corrected chi connectivity index (χ3v) is 3.08. The second-order valence-corrected chi connectivity index (χ2v) is 5.91. The molecule has 3 nitrogen and oxygen atoms in total. The Morgan fingerprint density at radius 2 is 2.06 bits per heavy atom. The van der Waals surface area contributed by atoms with Crippen molar-refractivity contribution in [2.75, 3.05) is 18.6 Å². The van der Waals surface area contributed by atoms with E-state index in [0.29, 0.717) is 11.8 Å². The van der Waals surface area contributed by atoms with Crippen LogP contribution in [-0.2, 0) is 9.53 Å². The monoisotopic (exact) mass is 247 g/mol. The summed E-state index contributed by atoms with van der Waals surface area (Å²) in [7, 11) is 1.97. The van der Waals surface area contributed by atoms with Crippen LogP contribution in [0.2, 0.25) is 0 Å². The number of esters is 1. The fourth-order valence-corrected chi connectivity index (χ4v) is 2.28. The van der Waals surface area contributed by atoms with Crippen LogP contribution in [0.1, 0.15) is 40.5 Å². The van der Waals surface area contributed by atoms with E-state index in [0.717, 1.165) is 12.2 Å². The molecule has 0 spiro atoms.